The minimum Gasteiger partial charge on any atom is -0.508 e. The summed E-state index contributed by atoms with van der Waals surface area (Å²) in [5.41, 5.74) is 0.919. The van der Waals surface area contributed by atoms with Crippen molar-refractivity contribution < 1.29 is 19.4 Å². The third-order valence-electron chi connectivity index (χ3n) is 4.16. The number of amides is 1. The molecule has 1 N–H and O–H groups in total. The molecule has 1 fully saturated rings. The van der Waals surface area contributed by atoms with Gasteiger partial charge in [0.1, 0.15) is 11.8 Å². The minimum atomic E-state index is -0.562. The molecule has 1 aliphatic rings. The van der Waals surface area contributed by atoms with Crippen LogP contribution in [0.1, 0.15) is 38.8 Å². The van der Waals surface area contributed by atoms with Gasteiger partial charge in [0, 0.05) is 0 Å². The molecule has 2 unspecified atom stereocenters. The van der Waals surface area contributed by atoms with E-state index in [1.165, 1.54) is 7.11 Å². The molecule has 1 aromatic rings. The lowest BCUT2D eigenvalue weighted by atomic mass is 9.81. The van der Waals surface area contributed by atoms with E-state index in [0.29, 0.717) is 6.42 Å². The highest BCUT2D eigenvalue weighted by Gasteiger charge is 2.50. The summed E-state index contributed by atoms with van der Waals surface area (Å²) in [6.45, 7) is 5.89. The van der Waals surface area contributed by atoms with Crippen LogP contribution >= 0.6 is 0 Å². The maximum Gasteiger partial charge on any atom is 0.328 e. The van der Waals surface area contributed by atoms with Crippen LogP contribution < -0.4 is 0 Å². The number of nitrogens with zero attached hydrogens (tertiary/aromatic N) is 1. The fourth-order valence-electron chi connectivity index (χ4n) is 3.04. The number of phenolic OH excluding ortho intramolecular Hbond substituents is 1. The summed E-state index contributed by atoms with van der Waals surface area (Å²) < 4.78 is 4.88. The van der Waals surface area contributed by atoms with Crippen LogP contribution in [-0.2, 0) is 14.3 Å². The molecule has 3 atom stereocenters. The Kier molecular flexibility index (Phi) is 4.74. The van der Waals surface area contributed by atoms with E-state index in [-0.39, 0.29) is 35.5 Å². The van der Waals surface area contributed by atoms with Crippen molar-refractivity contribution in [3.8, 4) is 5.75 Å². The van der Waals surface area contributed by atoms with Crippen molar-refractivity contribution in [2.45, 2.75) is 39.3 Å². The van der Waals surface area contributed by atoms with E-state index in [4.69, 9.17) is 4.74 Å². The number of ether oxygens (including phenoxy) is 1. The normalized spacial score (nSPS) is 22.4. The topological polar surface area (TPSA) is 66.8 Å². The van der Waals surface area contributed by atoms with Crippen molar-refractivity contribution in [3.63, 3.8) is 0 Å². The Hall–Kier alpha value is -2.04. The highest BCUT2D eigenvalue weighted by Crippen LogP contribution is 2.42. The Bertz CT molecular complexity index is 552. The second kappa shape index (κ2) is 6.38. The average molecular weight is 305 g/mol. The van der Waals surface area contributed by atoms with Crippen molar-refractivity contribution >= 4 is 11.9 Å². The summed E-state index contributed by atoms with van der Waals surface area (Å²) in [7, 11) is 1.35. The highest BCUT2D eigenvalue weighted by atomic mass is 16.5. The SMILES string of the molecule is COC(=O)[C@H](CC(C)C)N1C(=O)C(C)C1c1ccc(O)cc1. The number of likely N-dealkylation sites (tertiary alicyclic amines) is 1. The highest BCUT2D eigenvalue weighted by molar-refractivity contribution is 5.91. The first-order valence-electron chi connectivity index (χ1n) is 7.55. The molecular formula is C17H23NO4. The lowest BCUT2D eigenvalue weighted by molar-refractivity contribution is -0.171. The Morgan fingerprint density at radius 2 is 1.91 bits per heavy atom. The van der Waals surface area contributed by atoms with Gasteiger partial charge in [-0.25, -0.2) is 4.79 Å². The van der Waals surface area contributed by atoms with Gasteiger partial charge in [0.05, 0.1) is 19.1 Å². The van der Waals surface area contributed by atoms with Gasteiger partial charge in [-0.3, -0.25) is 4.79 Å². The number of esters is 1. The van der Waals surface area contributed by atoms with E-state index in [2.05, 4.69) is 0 Å². The molecular weight excluding hydrogens is 282 g/mol. The second-order valence-electron chi connectivity index (χ2n) is 6.24. The van der Waals surface area contributed by atoms with Gasteiger partial charge in [-0.05, 0) is 30.0 Å². The molecule has 0 bridgehead atoms. The standard InChI is InChI=1S/C17H23NO4/c1-10(2)9-14(17(21)22-4)18-15(11(3)16(18)20)12-5-7-13(19)8-6-12/h5-8,10-11,14-15,19H,9H2,1-4H3/t11?,14-,15?/m0/s1. The Morgan fingerprint density at radius 1 is 1.32 bits per heavy atom. The van der Waals surface area contributed by atoms with Crippen molar-refractivity contribution in [3.05, 3.63) is 29.8 Å². The molecule has 0 spiro atoms. The quantitative estimate of drug-likeness (QED) is 0.670. The van der Waals surface area contributed by atoms with Crippen molar-refractivity contribution in [1.29, 1.82) is 0 Å². The number of benzene rings is 1. The van der Waals surface area contributed by atoms with Crippen LogP contribution in [-0.4, -0.2) is 35.0 Å². The van der Waals surface area contributed by atoms with Gasteiger partial charge >= 0.3 is 5.97 Å². The molecule has 0 aromatic heterocycles. The van der Waals surface area contributed by atoms with Gasteiger partial charge in [0.2, 0.25) is 5.91 Å². The van der Waals surface area contributed by atoms with E-state index in [9.17, 15) is 14.7 Å². The molecule has 1 saturated heterocycles. The number of hydrogen-bond donors (Lipinski definition) is 1. The van der Waals surface area contributed by atoms with Crippen LogP contribution in [0.5, 0.6) is 5.75 Å². The molecule has 22 heavy (non-hydrogen) atoms. The number of rotatable bonds is 5. The predicted octanol–water partition coefficient (Wildman–Crippen LogP) is 2.50. The molecule has 5 heteroatoms. The third kappa shape index (κ3) is 2.93. The Morgan fingerprint density at radius 3 is 2.41 bits per heavy atom. The number of carbonyl (C=O) groups excluding carboxylic acids is 2. The van der Waals surface area contributed by atoms with E-state index in [1.807, 2.05) is 20.8 Å². The van der Waals surface area contributed by atoms with Crippen LogP contribution in [0.15, 0.2) is 24.3 Å². The van der Waals surface area contributed by atoms with Crippen molar-refractivity contribution in [2.24, 2.45) is 11.8 Å². The summed E-state index contributed by atoms with van der Waals surface area (Å²) in [5.74, 6) is -0.135. The molecule has 0 radical (unpaired) electrons. The Labute approximate surface area is 130 Å². The molecule has 1 aromatic carbocycles. The predicted molar refractivity (Wildman–Crippen MR) is 82.1 cm³/mol. The van der Waals surface area contributed by atoms with E-state index in [1.54, 1.807) is 29.2 Å². The first kappa shape index (κ1) is 16.3. The Balaban J connectivity index is 2.30. The van der Waals surface area contributed by atoms with Gasteiger partial charge < -0.3 is 14.7 Å². The number of aromatic hydroxyl groups is 1. The molecule has 1 aliphatic heterocycles. The van der Waals surface area contributed by atoms with Gasteiger partial charge in [0.15, 0.2) is 0 Å². The van der Waals surface area contributed by atoms with Crippen molar-refractivity contribution in [2.75, 3.05) is 7.11 Å². The number of carbonyl (C=O) groups is 2. The third-order valence-corrected chi connectivity index (χ3v) is 4.16. The molecule has 2 rings (SSSR count). The molecule has 0 saturated carbocycles. The van der Waals surface area contributed by atoms with E-state index >= 15 is 0 Å². The second-order valence-corrected chi connectivity index (χ2v) is 6.24. The van der Waals surface area contributed by atoms with Crippen molar-refractivity contribution in [1.82, 2.24) is 4.90 Å². The van der Waals surface area contributed by atoms with Crippen LogP contribution in [0.4, 0.5) is 0 Å². The zero-order valence-electron chi connectivity index (χ0n) is 13.4. The number of hydrogen-bond acceptors (Lipinski definition) is 4. The summed E-state index contributed by atoms with van der Waals surface area (Å²) in [5, 5.41) is 9.41. The molecule has 5 nitrogen and oxygen atoms in total. The van der Waals surface area contributed by atoms with Gasteiger partial charge in [-0.1, -0.05) is 32.9 Å². The summed E-state index contributed by atoms with van der Waals surface area (Å²) >= 11 is 0. The van der Waals surface area contributed by atoms with E-state index < -0.39 is 6.04 Å². The summed E-state index contributed by atoms with van der Waals surface area (Å²) in [6.07, 6.45) is 0.569. The van der Waals surface area contributed by atoms with Crippen LogP contribution in [0, 0.1) is 11.8 Å². The largest absolute Gasteiger partial charge is 0.508 e. The number of phenols is 1. The lowest BCUT2D eigenvalue weighted by Gasteiger charge is -2.49. The van der Waals surface area contributed by atoms with Gasteiger partial charge in [-0.15, -0.1) is 0 Å². The zero-order valence-corrected chi connectivity index (χ0v) is 13.4. The monoisotopic (exact) mass is 305 g/mol. The lowest BCUT2D eigenvalue weighted by Crippen LogP contribution is -2.60. The molecule has 0 aliphatic carbocycles. The maximum atomic E-state index is 12.3. The summed E-state index contributed by atoms with van der Waals surface area (Å²) in [6, 6.07) is 6.06. The fourth-order valence-corrected chi connectivity index (χ4v) is 3.04. The minimum absolute atomic E-state index is 0.0332. The van der Waals surface area contributed by atoms with Crippen LogP contribution in [0.3, 0.4) is 0 Å². The fraction of sp³-hybridized carbons (Fsp3) is 0.529. The van der Waals surface area contributed by atoms with Gasteiger partial charge in [-0.2, -0.15) is 0 Å². The van der Waals surface area contributed by atoms with Crippen LogP contribution in [0.2, 0.25) is 0 Å². The first-order valence-corrected chi connectivity index (χ1v) is 7.55. The summed E-state index contributed by atoms with van der Waals surface area (Å²) in [4.78, 5) is 26.1. The zero-order chi connectivity index (χ0) is 16.4. The number of methoxy groups -OCH3 is 1. The molecule has 120 valence electrons. The average Bonchev–Trinajstić information content (AvgIpc) is 2.50. The number of β-lactam (4-membered cyclic amide) rings is 1. The molecule has 1 amide bonds. The maximum absolute atomic E-state index is 12.3. The smallest absolute Gasteiger partial charge is 0.328 e. The first-order chi connectivity index (χ1) is 10.4. The van der Waals surface area contributed by atoms with Crippen LogP contribution in [0.25, 0.3) is 0 Å². The molecule has 1 heterocycles. The van der Waals surface area contributed by atoms with Gasteiger partial charge in [0.25, 0.3) is 0 Å². The van der Waals surface area contributed by atoms with E-state index in [0.717, 1.165) is 5.56 Å².